The molecule has 0 aliphatic carbocycles. The fourth-order valence-corrected chi connectivity index (χ4v) is 3.12. The summed E-state index contributed by atoms with van der Waals surface area (Å²) in [7, 11) is 0. The number of aromatic nitrogens is 4. The molecule has 142 valence electrons. The Bertz CT molecular complexity index is 973. The van der Waals surface area contributed by atoms with E-state index in [9.17, 15) is 4.79 Å². The highest BCUT2D eigenvalue weighted by molar-refractivity contribution is 6.31. The van der Waals surface area contributed by atoms with Gasteiger partial charge in [0.15, 0.2) is 0 Å². The van der Waals surface area contributed by atoms with E-state index < -0.39 is 0 Å². The molecule has 1 amide bonds. The molecular weight excluding hydrogens is 362 g/mol. The van der Waals surface area contributed by atoms with Crippen LogP contribution in [0.5, 0.6) is 0 Å². The molecule has 0 fully saturated rings. The lowest BCUT2D eigenvalue weighted by atomic mass is 10.1. The molecule has 27 heavy (non-hydrogen) atoms. The zero-order valence-corrected chi connectivity index (χ0v) is 16.8. The lowest BCUT2D eigenvalue weighted by Crippen LogP contribution is -2.23. The summed E-state index contributed by atoms with van der Waals surface area (Å²) >= 11 is 6.22. The number of rotatable bonds is 6. The third-order valence-electron chi connectivity index (χ3n) is 4.63. The zero-order chi connectivity index (χ0) is 19.6. The molecule has 0 aliphatic rings. The van der Waals surface area contributed by atoms with E-state index in [-0.39, 0.29) is 5.91 Å². The summed E-state index contributed by atoms with van der Waals surface area (Å²) in [6.07, 6.45) is 1.97. The monoisotopic (exact) mass is 385 g/mol. The second kappa shape index (κ2) is 7.96. The number of hydrogen-bond acceptors (Lipinski definition) is 3. The van der Waals surface area contributed by atoms with Crippen LogP contribution in [0.2, 0.25) is 5.02 Å². The van der Waals surface area contributed by atoms with Crippen molar-refractivity contribution in [3.8, 4) is 0 Å². The molecule has 3 rings (SSSR count). The van der Waals surface area contributed by atoms with Crippen molar-refractivity contribution in [2.24, 2.45) is 0 Å². The highest BCUT2D eigenvalue weighted by Crippen LogP contribution is 2.20. The van der Waals surface area contributed by atoms with Crippen molar-refractivity contribution in [1.82, 2.24) is 24.9 Å². The summed E-state index contributed by atoms with van der Waals surface area (Å²) in [5, 5.41) is 12.5. The Hall–Kier alpha value is -2.60. The van der Waals surface area contributed by atoms with Crippen LogP contribution in [0.1, 0.15) is 45.5 Å². The van der Waals surface area contributed by atoms with Crippen LogP contribution in [0.25, 0.3) is 0 Å². The molecule has 1 aromatic carbocycles. The summed E-state index contributed by atoms with van der Waals surface area (Å²) in [5.74, 6) is -0.105. The van der Waals surface area contributed by atoms with Gasteiger partial charge in [0.25, 0.3) is 5.91 Å². The van der Waals surface area contributed by atoms with Gasteiger partial charge in [-0.25, -0.2) is 0 Å². The molecule has 6 nitrogen and oxygen atoms in total. The number of nitrogens with one attached hydrogen (secondary N) is 1. The lowest BCUT2D eigenvalue weighted by molar-refractivity contribution is 0.0950. The maximum absolute atomic E-state index is 12.6. The summed E-state index contributed by atoms with van der Waals surface area (Å²) in [6, 6.07) is 7.58. The topological polar surface area (TPSA) is 64.7 Å². The first kappa shape index (κ1) is 19.2. The van der Waals surface area contributed by atoms with Crippen molar-refractivity contribution < 1.29 is 4.79 Å². The fourth-order valence-electron chi connectivity index (χ4n) is 2.99. The van der Waals surface area contributed by atoms with Crippen molar-refractivity contribution in [2.75, 3.05) is 0 Å². The predicted octanol–water partition coefficient (Wildman–Crippen LogP) is 3.66. The minimum absolute atomic E-state index is 0.105. The van der Waals surface area contributed by atoms with Crippen LogP contribution in [0.3, 0.4) is 0 Å². The van der Waals surface area contributed by atoms with Gasteiger partial charge in [0.1, 0.15) is 0 Å². The highest BCUT2D eigenvalue weighted by atomic mass is 35.5. The average molecular weight is 386 g/mol. The highest BCUT2D eigenvalue weighted by Gasteiger charge is 2.12. The normalized spacial score (nSPS) is 11.0. The van der Waals surface area contributed by atoms with Gasteiger partial charge in [0.05, 0.1) is 28.6 Å². The zero-order valence-electron chi connectivity index (χ0n) is 16.1. The molecule has 0 atom stereocenters. The van der Waals surface area contributed by atoms with Gasteiger partial charge in [0, 0.05) is 30.4 Å². The Morgan fingerprint density at radius 3 is 2.59 bits per heavy atom. The maximum Gasteiger partial charge on any atom is 0.251 e. The molecule has 0 aliphatic heterocycles. The summed E-state index contributed by atoms with van der Waals surface area (Å²) in [5.41, 5.74) is 5.32. The molecule has 1 N–H and O–H groups in total. The smallest absolute Gasteiger partial charge is 0.251 e. The first-order valence-corrected chi connectivity index (χ1v) is 9.36. The van der Waals surface area contributed by atoms with E-state index in [1.54, 1.807) is 0 Å². The molecule has 0 bridgehead atoms. The number of aryl methyl sites for hydroxylation is 3. The Balaban J connectivity index is 1.69. The van der Waals surface area contributed by atoms with Gasteiger partial charge in [-0.05, 0) is 45.4 Å². The van der Waals surface area contributed by atoms with Gasteiger partial charge in [-0.3, -0.25) is 14.2 Å². The molecule has 7 heteroatoms. The lowest BCUT2D eigenvalue weighted by Gasteiger charge is -2.08. The van der Waals surface area contributed by atoms with Crippen molar-refractivity contribution in [3.05, 3.63) is 69.3 Å². The molecule has 0 unspecified atom stereocenters. The number of benzene rings is 1. The van der Waals surface area contributed by atoms with E-state index in [1.807, 2.05) is 67.5 Å². The third-order valence-corrected chi connectivity index (χ3v) is 5.17. The SMILES string of the molecule is CCn1cc(CNC(=O)c2cccc(Cn3nc(C)c(Cl)c3C)c2)c(C)n1. The van der Waals surface area contributed by atoms with E-state index in [4.69, 9.17) is 11.6 Å². The quantitative estimate of drug-likeness (QED) is 0.704. The van der Waals surface area contributed by atoms with Gasteiger partial charge < -0.3 is 5.32 Å². The number of amides is 1. The van der Waals surface area contributed by atoms with Crippen LogP contribution in [-0.2, 0) is 19.6 Å². The summed E-state index contributed by atoms with van der Waals surface area (Å²) < 4.78 is 3.73. The van der Waals surface area contributed by atoms with Crippen LogP contribution in [0.15, 0.2) is 30.5 Å². The Kier molecular flexibility index (Phi) is 5.65. The van der Waals surface area contributed by atoms with Gasteiger partial charge >= 0.3 is 0 Å². The first-order valence-electron chi connectivity index (χ1n) is 8.98. The van der Waals surface area contributed by atoms with Gasteiger partial charge in [0.2, 0.25) is 0 Å². The standard InChI is InChI=1S/C20H24ClN5O/c1-5-25-12-18(13(2)23-25)10-22-20(27)17-8-6-7-16(9-17)11-26-15(4)19(21)14(3)24-26/h6-9,12H,5,10-11H2,1-4H3,(H,22,27). The second-order valence-corrected chi connectivity index (χ2v) is 7.00. The van der Waals surface area contributed by atoms with E-state index in [0.29, 0.717) is 23.7 Å². The minimum atomic E-state index is -0.105. The number of hydrogen-bond donors (Lipinski definition) is 1. The molecule has 2 heterocycles. The van der Waals surface area contributed by atoms with Crippen LogP contribution >= 0.6 is 11.6 Å². The molecule has 0 radical (unpaired) electrons. The van der Waals surface area contributed by atoms with E-state index in [2.05, 4.69) is 15.5 Å². The number of nitrogens with zero attached hydrogens (tertiary/aromatic N) is 4. The molecular formula is C20H24ClN5O. The Morgan fingerprint density at radius 1 is 1.19 bits per heavy atom. The number of carbonyl (C=O) groups is 1. The van der Waals surface area contributed by atoms with Crippen molar-refractivity contribution in [3.63, 3.8) is 0 Å². The number of carbonyl (C=O) groups excluding carboxylic acids is 1. The maximum atomic E-state index is 12.6. The largest absolute Gasteiger partial charge is 0.348 e. The van der Waals surface area contributed by atoms with Gasteiger partial charge in [-0.15, -0.1) is 0 Å². The molecule has 2 aromatic heterocycles. The molecule has 3 aromatic rings. The summed E-state index contributed by atoms with van der Waals surface area (Å²) in [6.45, 7) is 9.66. The molecule has 0 saturated heterocycles. The van der Waals surface area contributed by atoms with Crippen LogP contribution in [0.4, 0.5) is 0 Å². The molecule has 0 saturated carbocycles. The van der Waals surface area contributed by atoms with Crippen molar-refractivity contribution in [2.45, 2.75) is 47.3 Å². The van der Waals surface area contributed by atoms with E-state index in [0.717, 1.165) is 34.8 Å². The van der Waals surface area contributed by atoms with Crippen molar-refractivity contribution >= 4 is 17.5 Å². The van der Waals surface area contributed by atoms with Gasteiger partial charge in [-0.2, -0.15) is 10.2 Å². The predicted molar refractivity (Wildman–Crippen MR) is 106 cm³/mol. The minimum Gasteiger partial charge on any atom is -0.348 e. The van der Waals surface area contributed by atoms with Crippen LogP contribution < -0.4 is 5.32 Å². The molecule has 0 spiro atoms. The number of halogens is 1. The first-order chi connectivity index (χ1) is 12.9. The van der Waals surface area contributed by atoms with Gasteiger partial charge in [-0.1, -0.05) is 23.7 Å². The second-order valence-electron chi connectivity index (χ2n) is 6.62. The Labute approximate surface area is 164 Å². The average Bonchev–Trinajstić information content (AvgIpc) is 3.14. The van der Waals surface area contributed by atoms with Crippen LogP contribution in [0, 0.1) is 20.8 Å². The van der Waals surface area contributed by atoms with Crippen LogP contribution in [-0.4, -0.2) is 25.5 Å². The van der Waals surface area contributed by atoms with Crippen molar-refractivity contribution in [1.29, 1.82) is 0 Å². The summed E-state index contributed by atoms with van der Waals surface area (Å²) in [4.78, 5) is 12.6. The van der Waals surface area contributed by atoms with E-state index >= 15 is 0 Å². The van der Waals surface area contributed by atoms with E-state index in [1.165, 1.54) is 0 Å². The Morgan fingerprint density at radius 2 is 1.96 bits per heavy atom. The third kappa shape index (κ3) is 4.22. The fraction of sp³-hybridized carbons (Fsp3) is 0.350.